The maximum absolute atomic E-state index is 11.0. The van der Waals surface area contributed by atoms with Crippen LogP contribution >= 0.6 is 0 Å². The highest BCUT2D eigenvalue weighted by Gasteiger charge is 2.16. The molecule has 1 aromatic carbocycles. The fraction of sp³-hybridized carbons (Fsp3) is 0. The van der Waals surface area contributed by atoms with Gasteiger partial charge in [0.2, 0.25) is 5.82 Å². The zero-order chi connectivity index (χ0) is 15.4. The molecule has 1 aromatic heterocycles. The minimum absolute atomic E-state index is 0.0259. The Hall–Kier alpha value is -3.47. The van der Waals surface area contributed by atoms with E-state index in [2.05, 4.69) is 10.3 Å². The molecule has 0 saturated carbocycles. The van der Waals surface area contributed by atoms with E-state index < -0.39 is 10.9 Å². The number of carboxylic acid groups (broad SMARTS) is 1. The fourth-order valence-electron chi connectivity index (χ4n) is 1.58. The highest BCUT2D eigenvalue weighted by Crippen LogP contribution is 2.26. The van der Waals surface area contributed by atoms with Gasteiger partial charge in [0.05, 0.1) is 16.1 Å². The Morgan fingerprint density at radius 2 is 2.05 bits per heavy atom. The smallest absolute Gasteiger partial charge is 0.335 e. The molecule has 8 heteroatoms. The molecule has 0 saturated heterocycles. The molecule has 2 rings (SSSR count). The number of benzene rings is 1. The van der Waals surface area contributed by atoms with E-state index in [9.17, 15) is 14.9 Å². The van der Waals surface area contributed by atoms with Crippen molar-refractivity contribution in [2.24, 2.45) is 0 Å². The Morgan fingerprint density at radius 3 is 2.57 bits per heavy atom. The molecule has 0 bridgehead atoms. The van der Waals surface area contributed by atoms with Crippen LogP contribution in [0.1, 0.15) is 15.9 Å². The summed E-state index contributed by atoms with van der Waals surface area (Å²) in [4.78, 5) is 24.9. The van der Waals surface area contributed by atoms with Crippen molar-refractivity contribution in [1.82, 2.24) is 4.98 Å². The van der Waals surface area contributed by atoms with Crippen LogP contribution in [0.2, 0.25) is 0 Å². The number of rotatable bonds is 4. The molecule has 2 aromatic rings. The van der Waals surface area contributed by atoms with Gasteiger partial charge in [-0.3, -0.25) is 10.1 Å². The third-order valence-electron chi connectivity index (χ3n) is 2.59. The van der Waals surface area contributed by atoms with Gasteiger partial charge in [-0.15, -0.1) is 0 Å². The van der Waals surface area contributed by atoms with Gasteiger partial charge in [0.25, 0.3) is 0 Å². The van der Waals surface area contributed by atoms with E-state index in [1.807, 2.05) is 0 Å². The molecule has 0 atom stereocenters. The third-order valence-corrected chi connectivity index (χ3v) is 2.59. The second-order valence-electron chi connectivity index (χ2n) is 3.97. The van der Waals surface area contributed by atoms with E-state index in [0.717, 1.165) is 6.07 Å². The van der Waals surface area contributed by atoms with Crippen LogP contribution in [0.15, 0.2) is 36.5 Å². The molecule has 21 heavy (non-hydrogen) atoms. The number of nitro groups is 1. The number of carbonyl (C=O) groups is 1. The molecule has 0 spiro atoms. The molecule has 0 amide bonds. The lowest BCUT2D eigenvalue weighted by Gasteiger charge is -2.06. The number of hydrogen-bond donors (Lipinski definition) is 2. The largest absolute Gasteiger partial charge is 0.478 e. The van der Waals surface area contributed by atoms with E-state index in [0.29, 0.717) is 5.69 Å². The Balaban J connectivity index is 2.33. The van der Waals surface area contributed by atoms with E-state index in [1.165, 1.54) is 30.5 Å². The summed E-state index contributed by atoms with van der Waals surface area (Å²) in [6.45, 7) is 0. The number of nitriles is 1. The van der Waals surface area contributed by atoms with Crippen molar-refractivity contribution in [3.63, 3.8) is 0 Å². The van der Waals surface area contributed by atoms with Crippen molar-refractivity contribution in [1.29, 1.82) is 5.26 Å². The summed E-state index contributed by atoms with van der Waals surface area (Å²) < 4.78 is 0. The summed E-state index contributed by atoms with van der Waals surface area (Å²) >= 11 is 0. The van der Waals surface area contributed by atoms with Crippen LogP contribution in [0.3, 0.4) is 0 Å². The molecular formula is C13H8N4O4. The number of pyridine rings is 1. The summed E-state index contributed by atoms with van der Waals surface area (Å²) in [5, 5.41) is 31.2. The molecule has 8 nitrogen and oxygen atoms in total. The van der Waals surface area contributed by atoms with E-state index >= 15 is 0 Å². The number of hydrogen-bond acceptors (Lipinski definition) is 6. The third kappa shape index (κ3) is 3.10. The lowest BCUT2D eigenvalue weighted by Crippen LogP contribution is -2.01. The Labute approximate surface area is 118 Å². The second kappa shape index (κ2) is 5.66. The summed E-state index contributed by atoms with van der Waals surface area (Å²) in [5.41, 5.74) is 0.285. The van der Waals surface area contributed by atoms with Crippen molar-refractivity contribution in [3.8, 4) is 6.07 Å². The van der Waals surface area contributed by atoms with Crippen LogP contribution in [0, 0.1) is 21.4 Å². The maximum Gasteiger partial charge on any atom is 0.335 e. The fourth-order valence-corrected chi connectivity index (χ4v) is 1.58. The van der Waals surface area contributed by atoms with Gasteiger partial charge in [-0.25, -0.2) is 9.78 Å². The minimum atomic E-state index is -1.07. The summed E-state index contributed by atoms with van der Waals surface area (Å²) in [7, 11) is 0. The Kier molecular flexibility index (Phi) is 3.76. The first-order chi connectivity index (χ1) is 10.0. The molecule has 104 valence electrons. The van der Waals surface area contributed by atoms with Gasteiger partial charge in [0, 0.05) is 18.0 Å². The van der Waals surface area contributed by atoms with Crippen LogP contribution in [0.5, 0.6) is 0 Å². The van der Waals surface area contributed by atoms with Crippen molar-refractivity contribution < 1.29 is 14.8 Å². The summed E-state index contributed by atoms with van der Waals surface area (Å²) in [5.74, 6) is -1.09. The lowest BCUT2D eigenvalue weighted by atomic mass is 10.2. The molecule has 0 aliphatic rings. The zero-order valence-corrected chi connectivity index (χ0v) is 10.5. The maximum atomic E-state index is 11.0. The van der Waals surface area contributed by atoms with Gasteiger partial charge in [0.1, 0.15) is 6.07 Å². The molecule has 2 N–H and O–H groups in total. The first-order valence-corrected chi connectivity index (χ1v) is 5.66. The second-order valence-corrected chi connectivity index (χ2v) is 3.97. The number of aromatic nitrogens is 1. The van der Waals surface area contributed by atoms with Crippen molar-refractivity contribution in [2.75, 3.05) is 5.32 Å². The average Bonchev–Trinajstić information content (AvgIpc) is 2.48. The number of nitrogens with zero attached hydrogens (tertiary/aromatic N) is 3. The SMILES string of the molecule is N#Cc1cnc(Nc2ccc(C(=O)O)cc2)c([N+](=O)[O-])c1. The lowest BCUT2D eigenvalue weighted by molar-refractivity contribution is -0.384. The van der Waals surface area contributed by atoms with Crippen LogP contribution in [0.4, 0.5) is 17.2 Å². The van der Waals surface area contributed by atoms with Gasteiger partial charge >= 0.3 is 11.7 Å². The molecule has 0 aliphatic carbocycles. The number of nitrogens with one attached hydrogen (secondary N) is 1. The average molecular weight is 284 g/mol. The highest BCUT2D eigenvalue weighted by molar-refractivity contribution is 5.88. The van der Waals surface area contributed by atoms with Gasteiger partial charge < -0.3 is 10.4 Å². The first kappa shape index (κ1) is 14.0. The van der Waals surface area contributed by atoms with Gasteiger partial charge in [-0.05, 0) is 24.3 Å². The molecular weight excluding hydrogens is 276 g/mol. The molecule has 1 heterocycles. The molecule has 0 unspecified atom stereocenters. The topological polar surface area (TPSA) is 129 Å². The Morgan fingerprint density at radius 1 is 1.38 bits per heavy atom. The summed E-state index contributed by atoms with van der Waals surface area (Å²) in [6, 6.07) is 8.54. The zero-order valence-electron chi connectivity index (χ0n) is 10.5. The quantitative estimate of drug-likeness (QED) is 0.650. The number of anilines is 2. The highest BCUT2D eigenvalue weighted by atomic mass is 16.6. The predicted molar refractivity (Wildman–Crippen MR) is 72.3 cm³/mol. The monoisotopic (exact) mass is 284 g/mol. The van der Waals surface area contributed by atoms with Gasteiger partial charge in [-0.2, -0.15) is 5.26 Å². The van der Waals surface area contributed by atoms with Crippen LogP contribution in [-0.4, -0.2) is 21.0 Å². The normalized spacial score (nSPS) is 9.67. The molecule has 0 fully saturated rings. The molecule has 0 aliphatic heterocycles. The van der Waals surface area contributed by atoms with E-state index in [4.69, 9.17) is 10.4 Å². The van der Waals surface area contributed by atoms with Crippen LogP contribution in [-0.2, 0) is 0 Å². The van der Waals surface area contributed by atoms with Crippen molar-refractivity contribution in [2.45, 2.75) is 0 Å². The Bertz CT molecular complexity index is 750. The van der Waals surface area contributed by atoms with Crippen LogP contribution < -0.4 is 5.32 Å². The van der Waals surface area contributed by atoms with Crippen LogP contribution in [0.25, 0.3) is 0 Å². The van der Waals surface area contributed by atoms with Gasteiger partial charge in [-0.1, -0.05) is 0 Å². The summed E-state index contributed by atoms with van der Waals surface area (Å²) in [6.07, 6.45) is 1.21. The molecule has 0 radical (unpaired) electrons. The van der Waals surface area contributed by atoms with Gasteiger partial charge in [0.15, 0.2) is 0 Å². The van der Waals surface area contributed by atoms with E-state index in [-0.39, 0.29) is 22.6 Å². The number of carboxylic acids is 1. The predicted octanol–water partition coefficient (Wildman–Crippen LogP) is 2.30. The van der Waals surface area contributed by atoms with Crippen molar-refractivity contribution >= 4 is 23.2 Å². The minimum Gasteiger partial charge on any atom is -0.478 e. The number of aromatic carboxylic acids is 1. The van der Waals surface area contributed by atoms with Crippen molar-refractivity contribution in [3.05, 3.63) is 57.8 Å². The standard InChI is InChI=1S/C13H8N4O4/c14-6-8-5-11(17(20)21)12(15-7-8)16-10-3-1-9(2-4-10)13(18)19/h1-5,7H,(H,15,16)(H,18,19). The van der Waals surface area contributed by atoms with E-state index in [1.54, 1.807) is 6.07 Å². The first-order valence-electron chi connectivity index (χ1n) is 5.66.